The van der Waals surface area contributed by atoms with Crippen LogP contribution in [0.3, 0.4) is 0 Å². The van der Waals surface area contributed by atoms with Gasteiger partial charge >= 0.3 is 0 Å². The molecule has 3 nitrogen and oxygen atoms in total. The lowest BCUT2D eigenvalue weighted by Gasteiger charge is -2.58. The zero-order valence-corrected chi connectivity index (χ0v) is 23.8. The van der Waals surface area contributed by atoms with E-state index in [1.165, 1.54) is 95.7 Å². The van der Waals surface area contributed by atoms with Crippen LogP contribution in [-0.2, 0) is 14.2 Å². The summed E-state index contributed by atoms with van der Waals surface area (Å²) in [4.78, 5) is 0. The molecule has 0 N–H and O–H groups in total. The summed E-state index contributed by atoms with van der Waals surface area (Å²) in [7, 11) is 0. The van der Waals surface area contributed by atoms with Crippen molar-refractivity contribution in [1.82, 2.24) is 0 Å². The van der Waals surface area contributed by atoms with Crippen molar-refractivity contribution in [2.45, 2.75) is 122 Å². The molecule has 3 heteroatoms. The molecule has 204 valence electrons. The highest BCUT2D eigenvalue weighted by Crippen LogP contribution is 2.77. The van der Waals surface area contributed by atoms with Gasteiger partial charge in [-0.05, 0) is 95.0 Å². The average Bonchev–Trinajstić information content (AvgIpc) is 3.52. The SMILES string of the molecule is CCOC1=C2C(=C3CCCC[C@H]31)CC1C(C2(OCC)C2CCCCC2)[C@]2(OCC)C=C[C@]13CCCC[C@H]32. The van der Waals surface area contributed by atoms with Crippen molar-refractivity contribution in [3.63, 3.8) is 0 Å². The number of hydrogen-bond donors (Lipinski definition) is 0. The topological polar surface area (TPSA) is 27.7 Å². The minimum absolute atomic E-state index is 0.180. The van der Waals surface area contributed by atoms with Crippen molar-refractivity contribution < 1.29 is 14.2 Å². The molecule has 37 heavy (non-hydrogen) atoms. The van der Waals surface area contributed by atoms with E-state index in [9.17, 15) is 0 Å². The standard InChI is InChI=1S/C34H50O3/c1-4-35-30-25-17-11-10-16-24(25)26-22-27-31(34(29(26)30,37-6-3)23-14-8-7-9-15-23)33(36-5-2)21-20-32(27)19-13-12-18-28(32)33/h20-21,23,25,27-28,31H,4-19,22H2,1-3H3/t25-,27?,28-,31?,32-,33+,34?/m1/s1. The van der Waals surface area contributed by atoms with E-state index in [0.717, 1.165) is 19.8 Å². The smallest absolute Gasteiger partial charge is 0.109 e. The molecule has 5 saturated carbocycles. The van der Waals surface area contributed by atoms with Gasteiger partial charge in [0.15, 0.2) is 0 Å². The molecule has 0 aromatic carbocycles. The molecule has 0 amide bonds. The van der Waals surface area contributed by atoms with Crippen LogP contribution in [-0.4, -0.2) is 31.0 Å². The lowest BCUT2D eigenvalue weighted by molar-refractivity contribution is -0.182. The molecule has 3 unspecified atom stereocenters. The third kappa shape index (κ3) is 3.14. The fraction of sp³-hybridized carbons (Fsp3) is 0.824. The highest BCUT2D eigenvalue weighted by molar-refractivity contribution is 5.59. The van der Waals surface area contributed by atoms with Crippen molar-refractivity contribution in [2.75, 3.05) is 19.8 Å². The second kappa shape index (κ2) is 9.26. The van der Waals surface area contributed by atoms with Crippen LogP contribution in [0.15, 0.2) is 34.6 Å². The van der Waals surface area contributed by atoms with E-state index in [0.29, 0.717) is 35.0 Å². The van der Waals surface area contributed by atoms with Gasteiger partial charge in [0.2, 0.25) is 0 Å². The number of rotatable bonds is 7. The third-order valence-corrected chi connectivity index (χ3v) is 12.2. The Bertz CT molecular complexity index is 1000. The Morgan fingerprint density at radius 1 is 0.811 bits per heavy atom. The maximum absolute atomic E-state index is 7.46. The summed E-state index contributed by atoms with van der Waals surface area (Å²) in [5.41, 5.74) is 4.86. The van der Waals surface area contributed by atoms with Crippen molar-refractivity contribution in [1.29, 1.82) is 0 Å². The van der Waals surface area contributed by atoms with Crippen LogP contribution >= 0.6 is 0 Å². The molecule has 0 radical (unpaired) electrons. The lowest BCUT2D eigenvalue weighted by atomic mass is 9.52. The van der Waals surface area contributed by atoms with E-state index >= 15 is 0 Å². The zero-order valence-electron chi connectivity index (χ0n) is 23.8. The predicted octanol–water partition coefficient (Wildman–Crippen LogP) is 8.30. The molecule has 5 fully saturated rings. The van der Waals surface area contributed by atoms with E-state index in [2.05, 4.69) is 32.9 Å². The molecular formula is C34H50O3. The molecule has 7 aliphatic carbocycles. The molecular weight excluding hydrogens is 456 g/mol. The monoisotopic (exact) mass is 506 g/mol. The molecule has 0 aliphatic heterocycles. The van der Waals surface area contributed by atoms with Gasteiger partial charge in [-0.15, -0.1) is 0 Å². The molecule has 7 rings (SSSR count). The van der Waals surface area contributed by atoms with Crippen molar-refractivity contribution in [3.8, 4) is 0 Å². The van der Waals surface area contributed by atoms with Crippen LogP contribution in [0.5, 0.6) is 0 Å². The fourth-order valence-corrected chi connectivity index (χ4v) is 11.4. The first-order chi connectivity index (χ1) is 18.2. The summed E-state index contributed by atoms with van der Waals surface area (Å²) < 4.78 is 21.4. The second-order valence-corrected chi connectivity index (χ2v) is 13.4. The minimum Gasteiger partial charge on any atom is -0.497 e. The minimum atomic E-state index is -0.271. The van der Waals surface area contributed by atoms with E-state index < -0.39 is 0 Å². The van der Waals surface area contributed by atoms with E-state index in [1.807, 2.05) is 0 Å². The summed E-state index contributed by atoms with van der Waals surface area (Å²) in [5, 5.41) is 0. The normalized spacial score (nSPS) is 44.6. The summed E-state index contributed by atoms with van der Waals surface area (Å²) >= 11 is 0. The quantitative estimate of drug-likeness (QED) is 0.325. The van der Waals surface area contributed by atoms with E-state index in [4.69, 9.17) is 14.2 Å². The van der Waals surface area contributed by atoms with Gasteiger partial charge in [-0.25, -0.2) is 0 Å². The molecule has 7 atom stereocenters. The summed E-state index contributed by atoms with van der Waals surface area (Å²) in [6.45, 7) is 9.01. The van der Waals surface area contributed by atoms with Gasteiger partial charge in [0.1, 0.15) is 11.4 Å². The van der Waals surface area contributed by atoms with Gasteiger partial charge in [0.05, 0.1) is 12.2 Å². The first kappa shape index (κ1) is 24.9. The molecule has 0 aromatic rings. The van der Waals surface area contributed by atoms with Crippen LogP contribution in [0.1, 0.15) is 111 Å². The van der Waals surface area contributed by atoms with Crippen LogP contribution in [0.4, 0.5) is 0 Å². The highest BCUT2D eigenvalue weighted by atomic mass is 16.5. The van der Waals surface area contributed by atoms with Crippen LogP contribution in [0.25, 0.3) is 0 Å². The van der Waals surface area contributed by atoms with Crippen molar-refractivity contribution in [2.24, 2.45) is 35.0 Å². The number of allylic oxidation sites excluding steroid dienone is 2. The zero-order chi connectivity index (χ0) is 25.3. The average molecular weight is 507 g/mol. The van der Waals surface area contributed by atoms with Gasteiger partial charge in [0, 0.05) is 36.5 Å². The number of fused-ring (bicyclic) bond motifs is 4. The van der Waals surface area contributed by atoms with E-state index in [1.54, 1.807) is 16.7 Å². The Morgan fingerprint density at radius 2 is 1.59 bits per heavy atom. The maximum atomic E-state index is 7.46. The Kier molecular flexibility index (Phi) is 6.24. The number of hydrogen-bond acceptors (Lipinski definition) is 3. The largest absolute Gasteiger partial charge is 0.497 e. The molecule has 0 aromatic heterocycles. The van der Waals surface area contributed by atoms with Crippen LogP contribution in [0, 0.1) is 35.0 Å². The summed E-state index contributed by atoms with van der Waals surface area (Å²) in [6.07, 6.45) is 23.8. The van der Waals surface area contributed by atoms with Gasteiger partial charge in [-0.1, -0.05) is 56.3 Å². The maximum Gasteiger partial charge on any atom is 0.109 e. The van der Waals surface area contributed by atoms with Crippen molar-refractivity contribution in [3.05, 3.63) is 34.6 Å². The van der Waals surface area contributed by atoms with Crippen LogP contribution in [0.2, 0.25) is 0 Å². The molecule has 7 aliphatic rings. The van der Waals surface area contributed by atoms with Gasteiger partial charge in [-0.2, -0.15) is 0 Å². The van der Waals surface area contributed by atoms with Gasteiger partial charge < -0.3 is 14.2 Å². The van der Waals surface area contributed by atoms with Crippen LogP contribution < -0.4 is 0 Å². The van der Waals surface area contributed by atoms with Gasteiger partial charge in [0.25, 0.3) is 0 Å². The first-order valence-electron chi connectivity index (χ1n) is 16.3. The number of ether oxygens (including phenoxy) is 3. The highest BCUT2D eigenvalue weighted by Gasteiger charge is 2.77. The summed E-state index contributed by atoms with van der Waals surface area (Å²) in [5.74, 6) is 4.08. The van der Waals surface area contributed by atoms with E-state index in [-0.39, 0.29) is 11.2 Å². The molecule has 0 heterocycles. The molecule has 0 spiro atoms. The predicted molar refractivity (Wildman–Crippen MR) is 148 cm³/mol. The lowest BCUT2D eigenvalue weighted by Crippen LogP contribution is -2.62. The molecule has 2 bridgehead atoms. The summed E-state index contributed by atoms with van der Waals surface area (Å²) in [6, 6.07) is 0. The third-order valence-electron chi connectivity index (χ3n) is 12.2. The molecule has 0 saturated heterocycles. The Labute approximate surface area is 225 Å². The Morgan fingerprint density at radius 3 is 2.38 bits per heavy atom. The first-order valence-corrected chi connectivity index (χ1v) is 16.3. The fourth-order valence-electron chi connectivity index (χ4n) is 11.4. The second-order valence-electron chi connectivity index (χ2n) is 13.4. The Balaban J connectivity index is 1.51. The van der Waals surface area contributed by atoms with Crippen molar-refractivity contribution >= 4 is 0 Å². The Hall–Kier alpha value is -1.06. The van der Waals surface area contributed by atoms with Gasteiger partial charge in [-0.3, -0.25) is 0 Å².